The Bertz CT molecular complexity index is 1150. The van der Waals surface area contributed by atoms with Crippen molar-refractivity contribution in [1.29, 1.82) is 0 Å². The SMILES string of the molecule is C[C@H](c1ccc2scnc2c1)N1CCc2cc(NS(=O)(=O)C3CC3)cnc2CC1. The second-order valence-electron chi connectivity index (χ2n) is 7.97. The largest absolute Gasteiger partial charge is 0.296 e. The van der Waals surface area contributed by atoms with Crippen molar-refractivity contribution in [1.82, 2.24) is 14.9 Å². The Kier molecular flexibility index (Phi) is 4.80. The average Bonchev–Trinajstić information content (AvgIpc) is 3.50. The van der Waals surface area contributed by atoms with E-state index in [9.17, 15) is 8.42 Å². The van der Waals surface area contributed by atoms with Crippen molar-refractivity contribution in [2.24, 2.45) is 0 Å². The Morgan fingerprint density at radius 3 is 2.83 bits per heavy atom. The van der Waals surface area contributed by atoms with Crippen LogP contribution < -0.4 is 4.72 Å². The molecule has 1 fully saturated rings. The molecule has 1 aliphatic carbocycles. The Morgan fingerprint density at radius 1 is 1.17 bits per heavy atom. The lowest BCUT2D eigenvalue weighted by atomic mass is 10.1. The minimum atomic E-state index is -3.25. The molecule has 1 atom stereocenters. The van der Waals surface area contributed by atoms with Gasteiger partial charge in [0.1, 0.15) is 0 Å². The van der Waals surface area contributed by atoms with Crippen LogP contribution in [0.4, 0.5) is 5.69 Å². The molecular formula is C21H24N4O2S2. The van der Waals surface area contributed by atoms with Gasteiger partial charge < -0.3 is 0 Å². The normalized spacial score (nSPS) is 18.9. The number of benzene rings is 1. The predicted molar refractivity (Wildman–Crippen MR) is 117 cm³/mol. The third-order valence-corrected chi connectivity index (χ3v) is 8.65. The number of pyridine rings is 1. The first kappa shape index (κ1) is 19.0. The molecule has 2 aromatic heterocycles. The van der Waals surface area contributed by atoms with Gasteiger partial charge in [-0.1, -0.05) is 6.07 Å². The molecule has 5 rings (SSSR count). The molecule has 0 spiro atoms. The monoisotopic (exact) mass is 428 g/mol. The van der Waals surface area contributed by atoms with Crippen molar-refractivity contribution in [2.45, 2.75) is 43.9 Å². The molecule has 2 aliphatic rings. The molecule has 0 bridgehead atoms. The molecule has 0 unspecified atom stereocenters. The third kappa shape index (κ3) is 3.89. The van der Waals surface area contributed by atoms with Crippen LogP contribution in [0.1, 0.15) is 42.6 Å². The van der Waals surface area contributed by atoms with Gasteiger partial charge in [-0.2, -0.15) is 0 Å². The highest BCUT2D eigenvalue weighted by molar-refractivity contribution is 7.93. The van der Waals surface area contributed by atoms with Crippen LogP contribution in [0.25, 0.3) is 10.2 Å². The van der Waals surface area contributed by atoms with Crippen molar-refractivity contribution >= 4 is 37.3 Å². The second kappa shape index (κ2) is 7.34. The van der Waals surface area contributed by atoms with Crippen LogP contribution in [-0.2, 0) is 22.9 Å². The average molecular weight is 429 g/mol. The summed E-state index contributed by atoms with van der Waals surface area (Å²) in [6.45, 7) is 4.10. The van der Waals surface area contributed by atoms with Gasteiger partial charge in [-0.15, -0.1) is 11.3 Å². The van der Waals surface area contributed by atoms with Crippen LogP contribution in [0.2, 0.25) is 0 Å². The fourth-order valence-corrected chi connectivity index (χ4v) is 6.04. The number of aromatic nitrogens is 2. The van der Waals surface area contributed by atoms with Gasteiger partial charge in [0.2, 0.25) is 10.0 Å². The van der Waals surface area contributed by atoms with E-state index in [-0.39, 0.29) is 5.25 Å². The van der Waals surface area contributed by atoms with Crippen LogP contribution in [0.3, 0.4) is 0 Å². The van der Waals surface area contributed by atoms with Crippen LogP contribution in [0, 0.1) is 0 Å². The maximum atomic E-state index is 12.2. The summed E-state index contributed by atoms with van der Waals surface area (Å²) >= 11 is 1.67. The Balaban J connectivity index is 1.31. The molecule has 152 valence electrons. The van der Waals surface area contributed by atoms with Gasteiger partial charge in [-0.25, -0.2) is 13.4 Å². The maximum Gasteiger partial charge on any atom is 0.235 e. The molecule has 1 aromatic carbocycles. The van der Waals surface area contributed by atoms with E-state index in [1.54, 1.807) is 17.5 Å². The van der Waals surface area contributed by atoms with E-state index >= 15 is 0 Å². The number of nitrogens with zero attached hydrogens (tertiary/aromatic N) is 3. The molecule has 1 saturated carbocycles. The molecule has 3 heterocycles. The van der Waals surface area contributed by atoms with E-state index in [0.717, 1.165) is 55.5 Å². The smallest absolute Gasteiger partial charge is 0.235 e. The van der Waals surface area contributed by atoms with Gasteiger partial charge >= 0.3 is 0 Å². The standard InChI is InChI=1S/C21H24N4O2S2/c1-14(15-2-5-21-20(11-15)23-13-28-21)25-8-6-16-10-17(12-22-19(16)7-9-25)24-29(26,27)18-3-4-18/h2,5,10-14,18,24H,3-4,6-9H2,1H3/t14-/m1/s1. The lowest BCUT2D eigenvalue weighted by Gasteiger charge is -2.27. The molecule has 1 aliphatic heterocycles. The molecule has 0 radical (unpaired) electrons. The quantitative estimate of drug-likeness (QED) is 0.670. The highest BCUT2D eigenvalue weighted by Gasteiger charge is 2.35. The molecule has 0 amide bonds. The second-order valence-corrected chi connectivity index (χ2v) is 10.8. The predicted octanol–water partition coefficient (Wildman–Crippen LogP) is 3.76. The van der Waals surface area contributed by atoms with E-state index < -0.39 is 10.0 Å². The lowest BCUT2D eigenvalue weighted by molar-refractivity contribution is 0.221. The summed E-state index contributed by atoms with van der Waals surface area (Å²) in [5.74, 6) is 0. The van der Waals surface area contributed by atoms with Crippen molar-refractivity contribution in [2.75, 3.05) is 17.8 Å². The van der Waals surface area contributed by atoms with Crippen molar-refractivity contribution < 1.29 is 8.42 Å². The van der Waals surface area contributed by atoms with E-state index in [4.69, 9.17) is 0 Å². The van der Waals surface area contributed by atoms with Crippen molar-refractivity contribution in [3.63, 3.8) is 0 Å². The molecule has 6 nitrogen and oxygen atoms in total. The highest BCUT2D eigenvalue weighted by atomic mass is 32.2. The Hall–Kier alpha value is -2.03. The van der Waals surface area contributed by atoms with Gasteiger partial charge in [0.15, 0.2) is 0 Å². The topological polar surface area (TPSA) is 75.2 Å². The summed E-state index contributed by atoms with van der Waals surface area (Å²) in [5, 5.41) is -0.229. The minimum Gasteiger partial charge on any atom is -0.296 e. The molecule has 8 heteroatoms. The highest BCUT2D eigenvalue weighted by Crippen LogP contribution is 2.31. The number of hydrogen-bond acceptors (Lipinski definition) is 6. The summed E-state index contributed by atoms with van der Waals surface area (Å²) in [6, 6.07) is 8.82. The van der Waals surface area contributed by atoms with E-state index in [1.807, 2.05) is 11.6 Å². The zero-order valence-electron chi connectivity index (χ0n) is 16.3. The van der Waals surface area contributed by atoms with Gasteiger partial charge in [0.25, 0.3) is 0 Å². The first-order valence-electron chi connectivity index (χ1n) is 10.1. The van der Waals surface area contributed by atoms with E-state index in [0.29, 0.717) is 11.7 Å². The Morgan fingerprint density at radius 2 is 2.00 bits per heavy atom. The van der Waals surface area contributed by atoms with Gasteiger partial charge in [-0.3, -0.25) is 14.6 Å². The summed E-state index contributed by atoms with van der Waals surface area (Å²) in [7, 11) is -3.25. The first-order chi connectivity index (χ1) is 14.0. The summed E-state index contributed by atoms with van der Waals surface area (Å²) < 4.78 is 28.4. The molecular weight excluding hydrogens is 404 g/mol. The maximum absolute atomic E-state index is 12.2. The van der Waals surface area contributed by atoms with Crippen LogP contribution in [0.15, 0.2) is 36.0 Å². The Labute approximate surface area is 175 Å². The number of sulfonamides is 1. The van der Waals surface area contributed by atoms with Crippen LogP contribution in [-0.4, -0.2) is 41.6 Å². The van der Waals surface area contributed by atoms with Crippen molar-refractivity contribution in [3.8, 4) is 0 Å². The molecule has 29 heavy (non-hydrogen) atoms. The number of hydrogen-bond donors (Lipinski definition) is 1. The molecule has 0 saturated heterocycles. The minimum absolute atomic E-state index is 0.229. The van der Waals surface area contributed by atoms with E-state index in [2.05, 4.69) is 44.7 Å². The van der Waals surface area contributed by atoms with Gasteiger partial charge in [0, 0.05) is 31.2 Å². The van der Waals surface area contributed by atoms with Crippen LogP contribution in [0.5, 0.6) is 0 Å². The number of fused-ring (bicyclic) bond motifs is 2. The third-order valence-electron chi connectivity index (χ3n) is 5.97. The van der Waals surface area contributed by atoms with Gasteiger partial charge in [0.05, 0.1) is 32.9 Å². The summed E-state index contributed by atoms with van der Waals surface area (Å²) in [5.41, 5.74) is 7.04. The zero-order chi connectivity index (χ0) is 20.0. The lowest BCUT2D eigenvalue weighted by Crippen LogP contribution is -2.29. The van der Waals surface area contributed by atoms with E-state index in [1.165, 1.54) is 10.3 Å². The number of nitrogens with one attached hydrogen (secondary N) is 1. The number of rotatable bonds is 5. The number of thiazole rings is 1. The fourth-order valence-electron chi connectivity index (χ4n) is 4.02. The summed E-state index contributed by atoms with van der Waals surface area (Å²) in [4.78, 5) is 11.5. The summed E-state index contributed by atoms with van der Waals surface area (Å²) in [6.07, 6.45) is 4.91. The van der Waals surface area contributed by atoms with Crippen LogP contribution >= 0.6 is 11.3 Å². The molecule has 1 N–H and O–H groups in total. The zero-order valence-corrected chi connectivity index (χ0v) is 18.0. The van der Waals surface area contributed by atoms with Gasteiger partial charge in [-0.05, 0) is 55.5 Å². The molecule has 3 aromatic rings. The number of anilines is 1. The first-order valence-corrected chi connectivity index (χ1v) is 12.5. The van der Waals surface area contributed by atoms with Crippen molar-refractivity contribution in [3.05, 3.63) is 52.8 Å². The fraction of sp³-hybridized carbons (Fsp3) is 0.429.